The number of benzene rings is 2. The summed E-state index contributed by atoms with van der Waals surface area (Å²) < 4.78 is 0. The first kappa shape index (κ1) is 15.7. The van der Waals surface area contributed by atoms with Crippen molar-refractivity contribution in [2.24, 2.45) is 0 Å². The number of rotatable bonds is 4. The Morgan fingerprint density at radius 1 is 1.17 bits per heavy atom. The average molecular weight is 343 g/mol. The van der Waals surface area contributed by atoms with Gasteiger partial charge in [-0.1, -0.05) is 41.9 Å². The lowest BCUT2D eigenvalue weighted by molar-refractivity contribution is 0.102. The number of anilines is 1. The summed E-state index contributed by atoms with van der Waals surface area (Å²) in [6.45, 7) is 1.95. The molecule has 0 bridgehead atoms. The van der Waals surface area contributed by atoms with Crippen LogP contribution in [0.3, 0.4) is 0 Å². The first-order valence-electron chi connectivity index (χ1n) is 7.19. The normalized spacial score (nSPS) is 10.5. The van der Waals surface area contributed by atoms with Crippen LogP contribution in [-0.4, -0.2) is 10.9 Å². The number of hydrogen-bond acceptors (Lipinski definition) is 3. The highest BCUT2D eigenvalue weighted by Gasteiger charge is 2.12. The Kier molecular flexibility index (Phi) is 4.74. The van der Waals surface area contributed by atoms with Crippen LogP contribution < -0.4 is 5.32 Å². The predicted molar refractivity (Wildman–Crippen MR) is 95.5 cm³/mol. The third-order valence-electron chi connectivity index (χ3n) is 3.40. The van der Waals surface area contributed by atoms with Crippen molar-refractivity contribution < 1.29 is 4.79 Å². The van der Waals surface area contributed by atoms with Crippen molar-refractivity contribution in [3.8, 4) is 0 Å². The molecule has 0 aliphatic heterocycles. The van der Waals surface area contributed by atoms with Crippen LogP contribution in [0.25, 0.3) is 0 Å². The van der Waals surface area contributed by atoms with E-state index in [1.54, 1.807) is 12.1 Å². The Morgan fingerprint density at radius 2 is 1.96 bits per heavy atom. The number of carbonyl (C=O) groups excluding carboxylic acids is 1. The molecule has 0 saturated carbocycles. The number of nitrogens with zero attached hydrogens (tertiary/aromatic N) is 1. The van der Waals surface area contributed by atoms with Crippen molar-refractivity contribution in [2.45, 2.75) is 13.3 Å². The molecular formula is C18H15ClN2OS. The number of halogens is 1. The van der Waals surface area contributed by atoms with Gasteiger partial charge in [-0.15, -0.1) is 11.3 Å². The molecule has 3 aromatic rings. The molecule has 1 aromatic heterocycles. The van der Waals surface area contributed by atoms with Gasteiger partial charge < -0.3 is 0 Å². The van der Waals surface area contributed by atoms with Gasteiger partial charge in [-0.05, 0) is 36.8 Å². The standard InChI is InChI=1S/C18H15ClN2OS/c1-12-16(11-13-6-5-9-15(19)10-13)23-18(20-12)21-17(22)14-7-3-2-4-8-14/h2-10H,11H2,1H3,(H,20,21,22). The molecular weight excluding hydrogens is 328 g/mol. The van der Waals surface area contributed by atoms with Gasteiger partial charge >= 0.3 is 0 Å². The molecule has 23 heavy (non-hydrogen) atoms. The summed E-state index contributed by atoms with van der Waals surface area (Å²) in [6, 6.07) is 16.9. The second-order valence-corrected chi connectivity index (χ2v) is 6.67. The summed E-state index contributed by atoms with van der Waals surface area (Å²) >= 11 is 7.52. The van der Waals surface area contributed by atoms with Crippen LogP contribution in [0.2, 0.25) is 5.02 Å². The maximum atomic E-state index is 12.2. The molecule has 0 aliphatic rings. The van der Waals surface area contributed by atoms with E-state index in [1.165, 1.54) is 11.3 Å². The number of amides is 1. The molecule has 0 spiro atoms. The van der Waals surface area contributed by atoms with Gasteiger partial charge in [0.1, 0.15) is 0 Å². The summed E-state index contributed by atoms with van der Waals surface area (Å²) in [4.78, 5) is 17.7. The van der Waals surface area contributed by atoms with E-state index in [0.29, 0.717) is 10.7 Å². The molecule has 2 aromatic carbocycles. The highest BCUT2D eigenvalue weighted by Crippen LogP contribution is 2.26. The van der Waals surface area contributed by atoms with Crippen molar-refractivity contribution in [3.05, 3.63) is 81.3 Å². The minimum absolute atomic E-state index is 0.145. The monoisotopic (exact) mass is 342 g/mol. The van der Waals surface area contributed by atoms with E-state index in [-0.39, 0.29) is 5.91 Å². The Balaban J connectivity index is 1.75. The molecule has 116 valence electrons. The fourth-order valence-corrected chi connectivity index (χ4v) is 3.44. The number of hydrogen-bond donors (Lipinski definition) is 1. The fourth-order valence-electron chi connectivity index (χ4n) is 2.24. The van der Waals surface area contributed by atoms with E-state index in [2.05, 4.69) is 10.3 Å². The van der Waals surface area contributed by atoms with Crippen LogP contribution in [0, 0.1) is 6.92 Å². The molecule has 1 N–H and O–H groups in total. The van der Waals surface area contributed by atoms with Crippen molar-refractivity contribution in [1.82, 2.24) is 4.98 Å². The third-order valence-corrected chi connectivity index (χ3v) is 4.71. The molecule has 5 heteroatoms. The van der Waals surface area contributed by atoms with E-state index in [1.807, 2.05) is 49.4 Å². The topological polar surface area (TPSA) is 42.0 Å². The lowest BCUT2D eigenvalue weighted by Gasteiger charge is -2.01. The third kappa shape index (κ3) is 3.97. The van der Waals surface area contributed by atoms with Gasteiger partial charge in [-0.2, -0.15) is 0 Å². The zero-order chi connectivity index (χ0) is 16.2. The van der Waals surface area contributed by atoms with Crippen molar-refractivity contribution in [1.29, 1.82) is 0 Å². The highest BCUT2D eigenvalue weighted by molar-refractivity contribution is 7.15. The first-order valence-corrected chi connectivity index (χ1v) is 8.38. The zero-order valence-corrected chi connectivity index (χ0v) is 14.1. The van der Waals surface area contributed by atoms with Gasteiger partial charge in [0.25, 0.3) is 5.91 Å². The van der Waals surface area contributed by atoms with Gasteiger partial charge in [-0.25, -0.2) is 4.98 Å². The number of aromatic nitrogens is 1. The summed E-state index contributed by atoms with van der Waals surface area (Å²) in [5.41, 5.74) is 2.68. The molecule has 1 amide bonds. The number of aryl methyl sites for hydroxylation is 1. The SMILES string of the molecule is Cc1nc(NC(=O)c2ccccc2)sc1Cc1cccc(Cl)c1. The number of nitrogens with one attached hydrogen (secondary N) is 1. The maximum Gasteiger partial charge on any atom is 0.257 e. The van der Waals surface area contributed by atoms with Gasteiger partial charge in [0.15, 0.2) is 5.13 Å². The molecule has 0 fully saturated rings. The van der Waals surface area contributed by atoms with Crippen LogP contribution in [0.15, 0.2) is 54.6 Å². The molecule has 0 radical (unpaired) electrons. The lowest BCUT2D eigenvalue weighted by Crippen LogP contribution is -2.11. The van der Waals surface area contributed by atoms with Crippen molar-refractivity contribution in [2.75, 3.05) is 5.32 Å². The highest BCUT2D eigenvalue weighted by atomic mass is 35.5. The Bertz CT molecular complexity index is 830. The van der Waals surface area contributed by atoms with E-state index >= 15 is 0 Å². The second kappa shape index (κ2) is 6.94. The lowest BCUT2D eigenvalue weighted by atomic mass is 10.1. The van der Waals surface area contributed by atoms with Crippen LogP contribution in [0.4, 0.5) is 5.13 Å². The van der Waals surface area contributed by atoms with Gasteiger partial charge in [-0.3, -0.25) is 10.1 Å². The van der Waals surface area contributed by atoms with Crippen molar-refractivity contribution >= 4 is 34.0 Å². The largest absolute Gasteiger partial charge is 0.298 e. The fraction of sp³-hybridized carbons (Fsp3) is 0.111. The van der Waals surface area contributed by atoms with Crippen LogP contribution in [0.1, 0.15) is 26.5 Å². The van der Waals surface area contributed by atoms with Crippen molar-refractivity contribution in [3.63, 3.8) is 0 Å². The van der Waals surface area contributed by atoms with Crippen LogP contribution >= 0.6 is 22.9 Å². The maximum absolute atomic E-state index is 12.2. The number of thiazole rings is 1. The number of carbonyl (C=O) groups is 1. The molecule has 3 nitrogen and oxygen atoms in total. The molecule has 0 unspecified atom stereocenters. The summed E-state index contributed by atoms with van der Waals surface area (Å²) in [5.74, 6) is -0.145. The smallest absolute Gasteiger partial charge is 0.257 e. The van der Waals surface area contributed by atoms with E-state index in [4.69, 9.17) is 11.6 Å². The predicted octanol–water partition coefficient (Wildman–Crippen LogP) is 4.95. The van der Waals surface area contributed by atoms with Crippen LogP contribution in [0.5, 0.6) is 0 Å². The quantitative estimate of drug-likeness (QED) is 0.729. The second-order valence-electron chi connectivity index (χ2n) is 5.15. The molecule has 0 saturated heterocycles. The van der Waals surface area contributed by atoms with E-state index in [0.717, 1.165) is 27.6 Å². The first-order chi connectivity index (χ1) is 11.1. The van der Waals surface area contributed by atoms with E-state index in [9.17, 15) is 4.79 Å². The summed E-state index contributed by atoms with van der Waals surface area (Å²) in [7, 11) is 0. The summed E-state index contributed by atoms with van der Waals surface area (Å²) in [5, 5.41) is 4.20. The Morgan fingerprint density at radius 3 is 2.70 bits per heavy atom. The molecule has 1 heterocycles. The van der Waals surface area contributed by atoms with E-state index < -0.39 is 0 Å². The molecule has 0 atom stereocenters. The van der Waals surface area contributed by atoms with Gasteiger partial charge in [0.2, 0.25) is 0 Å². The van der Waals surface area contributed by atoms with Gasteiger partial charge in [0, 0.05) is 21.9 Å². The Labute approximate surface area is 144 Å². The average Bonchev–Trinajstić information content (AvgIpc) is 2.87. The summed E-state index contributed by atoms with van der Waals surface area (Å²) in [6.07, 6.45) is 0.755. The molecule has 0 aliphatic carbocycles. The molecule has 3 rings (SSSR count). The van der Waals surface area contributed by atoms with Gasteiger partial charge in [0.05, 0.1) is 5.69 Å². The Hall–Kier alpha value is -2.17. The van der Waals surface area contributed by atoms with Crippen LogP contribution in [-0.2, 0) is 6.42 Å². The minimum Gasteiger partial charge on any atom is -0.298 e. The zero-order valence-electron chi connectivity index (χ0n) is 12.5. The minimum atomic E-state index is -0.145.